The second-order valence-electron chi connectivity index (χ2n) is 7.82. The number of hydrogen-bond acceptors (Lipinski definition) is 4. The Bertz CT molecular complexity index is 729. The van der Waals surface area contributed by atoms with E-state index >= 15 is 0 Å². The van der Waals surface area contributed by atoms with Crippen LogP contribution in [0.25, 0.3) is 0 Å². The van der Waals surface area contributed by atoms with E-state index in [1.807, 2.05) is 18.2 Å². The molecule has 1 fully saturated rings. The van der Waals surface area contributed by atoms with Crippen LogP contribution in [0.15, 0.2) is 29.6 Å². The van der Waals surface area contributed by atoms with E-state index in [4.69, 9.17) is 4.98 Å². The molecule has 1 aromatic heterocycles. The van der Waals surface area contributed by atoms with Crippen molar-refractivity contribution >= 4 is 22.9 Å². The number of aromatic nitrogens is 1. The number of thiazole rings is 1. The van der Waals surface area contributed by atoms with Gasteiger partial charge in [-0.3, -0.25) is 4.79 Å². The van der Waals surface area contributed by atoms with Gasteiger partial charge in [0.2, 0.25) is 5.91 Å². The first-order chi connectivity index (χ1) is 11.9. The van der Waals surface area contributed by atoms with E-state index in [2.05, 4.69) is 42.9 Å². The van der Waals surface area contributed by atoms with Gasteiger partial charge in [0.05, 0.1) is 10.7 Å². The van der Waals surface area contributed by atoms with Gasteiger partial charge in [0.1, 0.15) is 0 Å². The van der Waals surface area contributed by atoms with Crippen molar-refractivity contribution in [3.05, 3.63) is 45.9 Å². The SMILES string of the molecule is CC(C)(C)c1nc(CNCc2cccc(NC(=O)C3CCC3)c2)cs1. The lowest BCUT2D eigenvalue weighted by Crippen LogP contribution is -2.28. The number of nitrogens with one attached hydrogen (secondary N) is 2. The highest BCUT2D eigenvalue weighted by Crippen LogP contribution is 2.28. The number of amides is 1. The molecule has 1 aliphatic carbocycles. The monoisotopic (exact) mass is 357 g/mol. The Balaban J connectivity index is 1.50. The molecule has 0 bridgehead atoms. The molecule has 2 aromatic rings. The number of nitrogens with zero attached hydrogens (tertiary/aromatic N) is 1. The Hall–Kier alpha value is -1.72. The molecule has 0 atom stereocenters. The summed E-state index contributed by atoms with van der Waals surface area (Å²) in [6.45, 7) is 8.08. The molecule has 2 N–H and O–H groups in total. The first-order valence-electron chi connectivity index (χ1n) is 8.97. The quantitative estimate of drug-likeness (QED) is 0.802. The van der Waals surface area contributed by atoms with Crippen LogP contribution in [0.2, 0.25) is 0 Å². The van der Waals surface area contributed by atoms with Crippen molar-refractivity contribution in [2.45, 2.75) is 58.5 Å². The lowest BCUT2D eigenvalue weighted by molar-refractivity contribution is -0.122. The zero-order valence-corrected chi connectivity index (χ0v) is 16.1. The van der Waals surface area contributed by atoms with E-state index in [0.717, 1.165) is 42.9 Å². The van der Waals surface area contributed by atoms with Crippen LogP contribution in [0, 0.1) is 5.92 Å². The third-order valence-electron chi connectivity index (χ3n) is 4.50. The van der Waals surface area contributed by atoms with Crippen molar-refractivity contribution in [3.8, 4) is 0 Å². The van der Waals surface area contributed by atoms with Crippen LogP contribution in [0.3, 0.4) is 0 Å². The Morgan fingerprint density at radius 1 is 1.28 bits per heavy atom. The summed E-state index contributed by atoms with van der Waals surface area (Å²) >= 11 is 1.72. The predicted molar refractivity (Wildman–Crippen MR) is 104 cm³/mol. The van der Waals surface area contributed by atoms with Gasteiger partial charge in [0, 0.05) is 35.5 Å². The molecule has 4 nitrogen and oxygen atoms in total. The van der Waals surface area contributed by atoms with Gasteiger partial charge in [-0.25, -0.2) is 4.98 Å². The average molecular weight is 358 g/mol. The number of rotatable bonds is 6. The fourth-order valence-electron chi connectivity index (χ4n) is 2.74. The van der Waals surface area contributed by atoms with Crippen LogP contribution < -0.4 is 10.6 Å². The van der Waals surface area contributed by atoms with Crippen LogP contribution in [0.4, 0.5) is 5.69 Å². The molecule has 0 saturated heterocycles. The number of carbonyl (C=O) groups is 1. The van der Waals surface area contributed by atoms with Crippen molar-refractivity contribution in [1.29, 1.82) is 0 Å². The van der Waals surface area contributed by atoms with Crippen LogP contribution in [-0.2, 0) is 23.3 Å². The van der Waals surface area contributed by atoms with Gasteiger partial charge in [0.25, 0.3) is 0 Å². The number of carbonyl (C=O) groups excluding carboxylic acids is 1. The normalized spacial score (nSPS) is 15.0. The Labute approximate surface area is 154 Å². The van der Waals surface area contributed by atoms with Gasteiger partial charge in [-0.1, -0.05) is 39.3 Å². The molecular formula is C20H27N3OS. The first-order valence-corrected chi connectivity index (χ1v) is 9.85. The van der Waals surface area contributed by atoms with Crippen LogP contribution in [0.1, 0.15) is 56.3 Å². The lowest BCUT2D eigenvalue weighted by atomic mass is 9.85. The average Bonchev–Trinajstić information content (AvgIpc) is 2.94. The van der Waals surface area contributed by atoms with Crippen LogP contribution in [0.5, 0.6) is 0 Å². The van der Waals surface area contributed by atoms with Gasteiger partial charge in [-0.05, 0) is 30.5 Å². The van der Waals surface area contributed by atoms with E-state index in [0.29, 0.717) is 0 Å². The summed E-state index contributed by atoms with van der Waals surface area (Å²) in [4.78, 5) is 16.8. The van der Waals surface area contributed by atoms with Gasteiger partial charge in [0.15, 0.2) is 0 Å². The zero-order chi connectivity index (χ0) is 17.9. The smallest absolute Gasteiger partial charge is 0.227 e. The van der Waals surface area contributed by atoms with Crippen LogP contribution in [-0.4, -0.2) is 10.9 Å². The Kier molecular flexibility index (Phi) is 5.54. The van der Waals surface area contributed by atoms with E-state index in [1.165, 1.54) is 11.4 Å². The minimum Gasteiger partial charge on any atom is -0.326 e. The molecule has 0 spiro atoms. The first kappa shape index (κ1) is 18.1. The van der Waals surface area contributed by atoms with E-state index in [-0.39, 0.29) is 17.2 Å². The maximum atomic E-state index is 12.1. The molecule has 3 rings (SSSR count). The molecule has 0 radical (unpaired) electrons. The molecule has 1 aromatic carbocycles. The van der Waals surface area contributed by atoms with E-state index in [9.17, 15) is 4.79 Å². The maximum Gasteiger partial charge on any atom is 0.227 e. The Morgan fingerprint density at radius 2 is 2.08 bits per heavy atom. The molecule has 1 saturated carbocycles. The highest BCUT2D eigenvalue weighted by molar-refractivity contribution is 7.09. The second kappa shape index (κ2) is 7.67. The van der Waals surface area contributed by atoms with Crippen molar-refractivity contribution in [2.24, 2.45) is 5.92 Å². The summed E-state index contributed by atoms with van der Waals surface area (Å²) in [5.74, 6) is 0.372. The largest absolute Gasteiger partial charge is 0.326 e. The minimum atomic E-state index is 0.107. The lowest BCUT2D eigenvalue weighted by Gasteiger charge is -2.24. The van der Waals surface area contributed by atoms with E-state index in [1.54, 1.807) is 11.3 Å². The summed E-state index contributed by atoms with van der Waals surface area (Å²) in [5.41, 5.74) is 3.25. The van der Waals surface area contributed by atoms with Gasteiger partial charge in [-0.2, -0.15) is 0 Å². The number of anilines is 1. The summed E-state index contributed by atoms with van der Waals surface area (Å²) in [5, 5.41) is 9.77. The molecule has 1 aliphatic rings. The third kappa shape index (κ3) is 4.89. The molecule has 0 aliphatic heterocycles. The molecule has 134 valence electrons. The fourth-order valence-corrected chi connectivity index (χ4v) is 3.65. The number of hydrogen-bond donors (Lipinski definition) is 2. The molecule has 5 heteroatoms. The molecule has 0 unspecified atom stereocenters. The number of benzene rings is 1. The minimum absolute atomic E-state index is 0.107. The maximum absolute atomic E-state index is 12.1. The standard InChI is InChI=1S/C20H27N3OS/c1-20(2,3)19-23-17(13-25-19)12-21-11-14-6-4-9-16(10-14)22-18(24)15-7-5-8-15/h4,6,9-10,13,15,21H,5,7-8,11-12H2,1-3H3,(H,22,24). The summed E-state index contributed by atoms with van der Waals surface area (Å²) in [7, 11) is 0. The van der Waals surface area contributed by atoms with E-state index < -0.39 is 0 Å². The highest BCUT2D eigenvalue weighted by Gasteiger charge is 2.25. The molecule has 1 heterocycles. The van der Waals surface area contributed by atoms with Crippen molar-refractivity contribution in [1.82, 2.24) is 10.3 Å². The highest BCUT2D eigenvalue weighted by atomic mass is 32.1. The van der Waals surface area contributed by atoms with Gasteiger partial charge >= 0.3 is 0 Å². The van der Waals surface area contributed by atoms with Gasteiger partial charge < -0.3 is 10.6 Å². The van der Waals surface area contributed by atoms with Gasteiger partial charge in [-0.15, -0.1) is 11.3 Å². The summed E-state index contributed by atoms with van der Waals surface area (Å²) in [6, 6.07) is 8.07. The summed E-state index contributed by atoms with van der Waals surface area (Å²) < 4.78 is 0. The Morgan fingerprint density at radius 3 is 2.72 bits per heavy atom. The zero-order valence-electron chi connectivity index (χ0n) is 15.3. The third-order valence-corrected chi connectivity index (χ3v) is 5.82. The summed E-state index contributed by atoms with van der Waals surface area (Å²) in [6.07, 6.45) is 3.23. The van der Waals surface area contributed by atoms with Crippen molar-refractivity contribution in [2.75, 3.05) is 5.32 Å². The van der Waals surface area contributed by atoms with Crippen molar-refractivity contribution < 1.29 is 4.79 Å². The molecular weight excluding hydrogens is 330 g/mol. The fraction of sp³-hybridized carbons (Fsp3) is 0.500. The van der Waals surface area contributed by atoms with Crippen LogP contribution >= 0.6 is 11.3 Å². The second-order valence-corrected chi connectivity index (χ2v) is 8.67. The predicted octanol–water partition coefficient (Wildman–Crippen LogP) is 4.47. The molecule has 25 heavy (non-hydrogen) atoms. The topological polar surface area (TPSA) is 54.0 Å². The van der Waals surface area contributed by atoms with Crippen molar-refractivity contribution in [3.63, 3.8) is 0 Å². The molecule has 1 amide bonds.